The SMILES string of the molecule is O=[N+]([O-])c1cc(Cl)ccc1NCC(O)C1CC1. The van der Waals surface area contributed by atoms with Crippen LogP contribution >= 0.6 is 11.6 Å². The summed E-state index contributed by atoms with van der Waals surface area (Å²) in [5.41, 5.74) is 0.319. The molecule has 0 bridgehead atoms. The molecule has 1 aromatic rings. The lowest BCUT2D eigenvalue weighted by molar-refractivity contribution is -0.383. The Hall–Kier alpha value is -1.33. The third-order valence-corrected chi connectivity index (χ3v) is 3.06. The van der Waals surface area contributed by atoms with Gasteiger partial charge in [0.05, 0.1) is 11.0 Å². The Labute approximate surface area is 104 Å². The average Bonchev–Trinajstić information content (AvgIpc) is 3.10. The van der Waals surface area contributed by atoms with Crippen molar-refractivity contribution in [3.63, 3.8) is 0 Å². The van der Waals surface area contributed by atoms with Gasteiger partial charge in [-0.25, -0.2) is 0 Å². The standard InChI is InChI=1S/C11H13ClN2O3/c12-8-3-4-9(10(5-8)14(16)17)13-6-11(15)7-1-2-7/h3-5,7,11,13,15H,1-2,6H2. The van der Waals surface area contributed by atoms with E-state index in [9.17, 15) is 15.2 Å². The van der Waals surface area contributed by atoms with Gasteiger partial charge in [-0.15, -0.1) is 0 Å². The molecule has 0 amide bonds. The van der Waals surface area contributed by atoms with Gasteiger partial charge in [0.15, 0.2) is 0 Å². The number of benzene rings is 1. The predicted octanol–water partition coefficient (Wildman–Crippen LogP) is 2.43. The highest BCUT2D eigenvalue weighted by atomic mass is 35.5. The maximum Gasteiger partial charge on any atom is 0.293 e. The number of nitrogens with one attached hydrogen (secondary N) is 1. The van der Waals surface area contributed by atoms with Crippen LogP contribution in [0.4, 0.5) is 11.4 Å². The van der Waals surface area contributed by atoms with E-state index in [-0.39, 0.29) is 5.69 Å². The number of hydrogen-bond acceptors (Lipinski definition) is 4. The molecule has 1 atom stereocenters. The molecule has 92 valence electrons. The smallest absolute Gasteiger partial charge is 0.293 e. The third kappa shape index (κ3) is 3.08. The molecule has 17 heavy (non-hydrogen) atoms. The molecular formula is C11H13ClN2O3. The van der Waals surface area contributed by atoms with Crippen molar-refractivity contribution in [2.45, 2.75) is 18.9 Å². The van der Waals surface area contributed by atoms with E-state index in [1.165, 1.54) is 6.07 Å². The molecule has 2 rings (SSSR count). The summed E-state index contributed by atoms with van der Waals surface area (Å²) in [5, 5.41) is 23.7. The molecule has 1 fully saturated rings. The van der Waals surface area contributed by atoms with Crippen LogP contribution in [0.1, 0.15) is 12.8 Å². The maximum atomic E-state index is 10.8. The van der Waals surface area contributed by atoms with Gasteiger partial charge in [-0.05, 0) is 30.9 Å². The van der Waals surface area contributed by atoms with Gasteiger partial charge in [0, 0.05) is 17.6 Å². The molecule has 0 saturated heterocycles. The minimum absolute atomic E-state index is 0.0690. The topological polar surface area (TPSA) is 75.4 Å². The van der Waals surface area contributed by atoms with Crippen molar-refractivity contribution in [3.05, 3.63) is 33.3 Å². The molecule has 1 aliphatic rings. The Bertz CT molecular complexity index is 435. The summed E-state index contributed by atoms with van der Waals surface area (Å²) in [4.78, 5) is 10.3. The van der Waals surface area contributed by atoms with E-state index < -0.39 is 11.0 Å². The molecule has 1 saturated carbocycles. The highest BCUT2D eigenvalue weighted by Crippen LogP contribution is 2.33. The zero-order chi connectivity index (χ0) is 12.4. The second kappa shape index (κ2) is 4.89. The van der Waals surface area contributed by atoms with Gasteiger partial charge in [-0.3, -0.25) is 10.1 Å². The van der Waals surface area contributed by atoms with E-state index in [4.69, 9.17) is 11.6 Å². The lowest BCUT2D eigenvalue weighted by atomic mass is 10.2. The van der Waals surface area contributed by atoms with Crippen molar-refractivity contribution >= 4 is 23.0 Å². The van der Waals surface area contributed by atoms with E-state index in [0.717, 1.165) is 12.8 Å². The first-order valence-electron chi connectivity index (χ1n) is 5.44. The molecule has 2 N–H and O–H groups in total. The zero-order valence-corrected chi connectivity index (χ0v) is 9.85. The number of aliphatic hydroxyl groups excluding tert-OH is 1. The Morgan fingerprint density at radius 3 is 2.88 bits per heavy atom. The first-order valence-corrected chi connectivity index (χ1v) is 5.81. The Kier molecular flexibility index (Phi) is 3.49. The van der Waals surface area contributed by atoms with Crippen molar-refractivity contribution in [2.24, 2.45) is 5.92 Å². The summed E-state index contributed by atoms with van der Waals surface area (Å²) in [5.74, 6) is 0.342. The van der Waals surface area contributed by atoms with Gasteiger partial charge in [0.25, 0.3) is 5.69 Å². The van der Waals surface area contributed by atoms with Crippen LogP contribution in [-0.4, -0.2) is 22.7 Å². The lowest BCUT2D eigenvalue weighted by Gasteiger charge is -2.11. The van der Waals surface area contributed by atoms with Crippen molar-refractivity contribution < 1.29 is 10.0 Å². The minimum atomic E-state index is -0.488. The quantitative estimate of drug-likeness (QED) is 0.627. The number of aliphatic hydroxyl groups is 1. The molecular weight excluding hydrogens is 244 g/mol. The Balaban J connectivity index is 2.06. The van der Waals surface area contributed by atoms with Crippen LogP contribution in [0.5, 0.6) is 0 Å². The van der Waals surface area contributed by atoms with Crippen molar-refractivity contribution in [1.82, 2.24) is 0 Å². The van der Waals surface area contributed by atoms with Crippen molar-refractivity contribution in [3.8, 4) is 0 Å². The van der Waals surface area contributed by atoms with Crippen LogP contribution in [0.3, 0.4) is 0 Å². The fraction of sp³-hybridized carbons (Fsp3) is 0.455. The number of hydrogen-bond donors (Lipinski definition) is 2. The number of halogens is 1. The summed E-state index contributed by atoms with van der Waals surface area (Å²) in [6, 6.07) is 4.44. The van der Waals surface area contributed by atoms with Gasteiger partial charge < -0.3 is 10.4 Å². The summed E-state index contributed by atoms with van der Waals surface area (Å²) in [7, 11) is 0. The van der Waals surface area contributed by atoms with Crippen LogP contribution in [0, 0.1) is 16.0 Å². The number of rotatable bonds is 5. The Morgan fingerprint density at radius 2 is 2.29 bits per heavy atom. The van der Waals surface area contributed by atoms with Crippen LogP contribution < -0.4 is 5.32 Å². The van der Waals surface area contributed by atoms with Crippen LogP contribution in [-0.2, 0) is 0 Å². The molecule has 0 aliphatic heterocycles. The van der Waals surface area contributed by atoms with E-state index in [2.05, 4.69) is 5.32 Å². The van der Waals surface area contributed by atoms with E-state index in [1.807, 2.05) is 0 Å². The number of nitro groups is 1. The summed E-state index contributed by atoms with van der Waals surface area (Å²) in [6.45, 7) is 0.327. The molecule has 6 heteroatoms. The van der Waals surface area contributed by atoms with Crippen molar-refractivity contribution in [1.29, 1.82) is 0 Å². The number of nitrogens with zero attached hydrogens (tertiary/aromatic N) is 1. The molecule has 0 radical (unpaired) electrons. The highest BCUT2D eigenvalue weighted by molar-refractivity contribution is 6.30. The Morgan fingerprint density at radius 1 is 1.59 bits per heavy atom. The fourth-order valence-electron chi connectivity index (χ4n) is 1.67. The van der Waals surface area contributed by atoms with Crippen LogP contribution in [0.15, 0.2) is 18.2 Å². The molecule has 1 aliphatic carbocycles. The van der Waals surface area contributed by atoms with Crippen LogP contribution in [0.25, 0.3) is 0 Å². The van der Waals surface area contributed by atoms with Crippen LogP contribution in [0.2, 0.25) is 5.02 Å². The average molecular weight is 257 g/mol. The number of nitro benzene ring substituents is 1. The van der Waals surface area contributed by atoms with E-state index in [0.29, 0.717) is 23.2 Å². The van der Waals surface area contributed by atoms with Gasteiger partial charge in [-0.1, -0.05) is 11.6 Å². The van der Waals surface area contributed by atoms with E-state index in [1.54, 1.807) is 12.1 Å². The first-order chi connectivity index (χ1) is 8.08. The largest absolute Gasteiger partial charge is 0.391 e. The zero-order valence-electron chi connectivity index (χ0n) is 9.10. The molecule has 0 heterocycles. The normalized spacial score (nSPS) is 16.6. The van der Waals surface area contributed by atoms with Crippen molar-refractivity contribution in [2.75, 3.05) is 11.9 Å². The summed E-state index contributed by atoms with van der Waals surface area (Å²) in [6.07, 6.45) is 1.63. The number of anilines is 1. The molecule has 5 nitrogen and oxygen atoms in total. The van der Waals surface area contributed by atoms with E-state index >= 15 is 0 Å². The molecule has 1 aromatic carbocycles. The minimum Gasteiger partial charge on any atom is -0.391 e. The summed E-state index contributed by atoms with van der Waals surface area (Å²) < 4.78 is 0. The molecule has 0 aromatic heterocycles. The van der Waals surface area contributed by atoms with Gasteiger partial charge in [0.1, 0.15) is 5.69 Å². The maximum absolute atomic E-state index is 10.8. The van der Waals surface area contributed by atoms with Gasteiger partial charge in [-0.2, -0.15) is 0 Å². The van der Waals surface area contributed by atoms with Gasteiger partial charge >= 0.3 is 0 Å². The summed E-state index contributed by atoms with van der Waals surface area (Å²) >= 11 is 5.70. The van der Waals surface area contributed by atoms with Gasteiger partial charge in [0.2, 0.25) is 0 Å². The lowest BCUT2D eigenvalue weighted by Crippen LogP contribution is -2.21. The predicted molar refractivity (Wildman–Crippen MR) is 65.3 cm³/mol. The molecule has 0 spiro atoms. The first kappa shape index (κ1) is 12.1. The fourth-order valence-corrected chi connectivity index (χ4v) is 1.83. The second-order valence-electron chi connectivity index (χ2n) is 4.20. The highest BCUT2D eigenvalue weighted by Gasteiger charge is 2.29. The molecule has 1 unspecified atom stereocenters. The monoisotopic (exact) mass is 256 g/mol. The third-order valence-electron chi connectivity index (χ3n) is 2.82. The second-order valence-corrected chi connectivity index (χ2v) is 4.64.